The lowest BCUT2D eigenvalue weighted by molar-refractivity contribution is -0.132. The maximum absolute atomic E-state index is 13.6. The molecule has 1 saturated heterocycles. The lowest BCUT2D eigenvalue weighted by atomic mass is 9.95. The minimum absolute atomic E-state index is 0.0411. The van der Waals surface area contributed by atoms with Gasteiger partial charge in [-0.15, -0.1) is 0 Å². The summed E-state index contributed by atoms with van der Waals surface area (Å²) in [4.78, 5) is 33.2. The van der Waals surface area contributed by atoms with Crippen LogP contribution in [0.5, 0.6) is 17.2 Å². The van der Waals surface area contributed by atoms with E-state index in [2.05, 4.69) is 11.9 Å². The van der Waals surface area contributed by atoms with Gasteiger partial charge in [-0.05, 0) is 60.5 Å². The van der Waals surface area contributed by atoms with Gasteiger partial charge in [0, 0.05) is 10.6 Å². The molecule has 0 radical (unpaired) electrons. The maximum atomic E-state index is 13.6. The van der Waals surface area contributed by atoms with Crippen LogP contribution in [-0.4, -0.2) is 41.6 Å². The summed E-state index contributed by atoms with van der Waals surface area (Å²) in [5.41, 5.74) is 1.57. The van der Waals surface area contributed by atoms with Gasteiger partial charge in [0.05, 0.1) is 28.4 Å². The number of carbonyl (C=O) groups is 2. The summed E-state index contributed by atoms with van der Waals surface area (Å²) in [6, 6.07) is 16.5. The van der Waals surface area contributed by atoms with Crippen molar-refractivity contribution in [3.63, 3.8) is 0 Å². The Bertz CT molecular complexity index is 1670. The Morgan fingerprint density at radius 2 is 1.83 bits per heavy atom. The van der Waals surface area contributed by atoms with Crippen LogP contribution in [-0.2, 0) is 9.59 Å². The van der Waals surface area contributed by atoms with Crippen molar-refractivity contribution >= 4 is 55.7 Å². The molecule has 1 aromatic heterocycles. The third-order valence-corrected chi connectivity index (χ3v) is 8.27. The first-order valence-corrected chi connectivity index (χ1v) is 14.6. The molecule has 10 heteroatoms. The highest BCUT2D eigenvalue weighted by molar-refractivity contribution is 7.22. The van der Waals surface area contributed by atoms with Crippen molar-refractivity contribution in [1.29, 1.82) is 0 Å². The Morgan fingerprint density at radius 3 is 2.61 bits per heavy atom. The number of amides is 1. The quantitative estimate of drug-likeness (QED) is 0.103. The lowest BCUT2D eigenvalue weighted by Crippen LogP contribution is -2.29. The van der Waals surface area contributed by atoms with Gasteiger partial charge in [-0.25, -0.2) is 4.98 Å². The van der Waals surface area contributed by atoms with E-state index in [0.717, 1.165) is 24.0 Å². The molecule has 1 fully saturated rings. The molecule has 2 aliphatic rings. The molecule has 0 unspecified atom stereocenters. The zero-order valence-electron chi connectivity index (χ0n) is 22.3. The second kappa shape index (κ2) is 11.4. The Labute approximate surface area is 245 Å². The van der Waals surface area contributed by atoms with Crippen molar-refractivity contribution in [3.05, 3.63) is 82.4 Å². The number of thiazole rings is 1. The van der Waals surface area contributed by atoms with Gasteiger partial charge in [0.1, 0.15) is 24.7 Å². The van der Waals surface area contributed by atoms with Gasteiger partial charge in [-0.1, -0.05) is 54.8 Å². The molecule has 1 amide bonds. The molecule has 8 nitrogen and oxygen atoms in total. The minimum Gasteiger partial charge on any atom is -0.507 e. The third-order valence-electron chi connectivity index (χ3n) is 7.02. The van der Waals surface area contributed by atoms with Crippen molar-refractivity contribution < 1.29 is 28.9 Å². The third kappa shape index (κ3) is 5.23. The number of anilines is 1. The average Bonchev–Trinajstić information content (AvgIpc) is 3.52. The first kappa shape index (κ1) is 27.1. The van der Waals surface area contributed by atoms with Crippen LogP contribution >= 0.6 is 22.9 Å². The Hall–Kier alpha value is -4.08. The molecule has 0 bridgehead atoms. The Kier molecular flexibility index (Phi) is 7.55. The van der Waals surface area contributed by atoms with Crippen LogP contribution in [0.1, 0.15) is 43.4 Å². The first-order chi connectivity index (χ1) is 19.9. The van der Waals surface area contributed by atoms with E-state index in [4.69, 9.17) is 25.8 Å². The van der Waals surface area contributed by atoms with Crippen LogP contribution in [0.3, 0.4) is 0 Å². The first-order valence-electron chi connectivity index (χ1n) is 13.4. The predicted molar refractivity (Wildman–Crippen MR) is 158 cm³/mol. The van der Waals surface area contributed by atoms with Gasteiger partial charge < -0.3 is 19.3 Å². The number of aliphatic hydroxyl groups is 1. The van der Waals surface area contributed by atoms with Crippen LogP contribution in [0.2, 0.25) is 5.02 Å². The van der Waals surface area contributed by atoms with Gasteiger partial charge >= 0.3 is 5.91 Å². The summed E-state index contributed by atoms with van der Waals surface area (Å²) in [5, 5.41) is 12.4. The molecular formula is C31H27ClN2O6S. The van der Waals surface area contributed by atoms with Crippen molar-refractivity contribution in [2.75, 3.05) is 24.7 Å². The highest BCUT2D eigenvalue weighted by Gasteiger charge is 2.48. The number of hydrogen-bond donors (Lipinski definition) is 1. The van der Waals surface area contributed by atoms with Crippen LogP contribution in [0.4, 0.5) is 5.13 Å². The second-order valence-electron chi connectivity index (χ2n) is 9.76. The number of ether oxygens (including phenoxy) is 3. The van der Waals surface area contributed by atoms with Crippen LogP contribution in [0.25, 0.3) is 16.0 Å². The van der Waals surface area contributed by atoms with Gasteiger partial charge in [0.25, 0.3) is 5.78 Å². The molecule has 4 aromatic rings. The molecule has 41 heavy (non-hydrogen) atoms. The molecule has 1 atom stereocenters. The topological polar surface area (TPSA) is 98.2 Å². The SMILES string of the molecule is CCCCCOc1ccc([C@@H]2/C(=C(\O)c3ccc4c(c3)OCCO4)C(=O)C(=O)N2c2nc3ccc(Cl)cc3s2)cc1. The zero-order valence-corrected chi connectivity index (χ0v) is 23.8. The van der Waals surface area contributed by atoms with Crippen LogP contribution in [0, 0.1) is 0 Å². The number of halogens is 1. The molecule has 210 valence electrons. The fraction of sp³-hybridized carbons (Fsp3) is 0.258. The smallest absolute Gasteiger partial charge is 0.301 e. The summed E-state index contributed by atoms with van der Waals surface area (Å²) in [6.45, 7) is 3.53. The van der Waals surface area contributed by atoms with E-state index >= 15 is 0 Å². The number of nitrogens with zero attached hydrogens (tertiary/aromatic N) is 2. The molecule has 0 aliphatic carbocycles. The molecule has 2 aliphatic heterocycles. The number of unbranched alkanes of at least 4 members (excludes halogenated alkanes) is 2. The van der Waals surface area contributed by atoms with Crippen LogP contribution < -0.4 is 19.1 Å². The van der Waals surface area contributed by atoms with E-state index in [1.807, 2.05) is 12.1 Å². The van der Waals surface area contributed by atoms with Crippen LogP contribution in [0.15, 0.2) is 66.2 Å². The van der Waals surface area contributed by atoms with Crippen molar-refractivity contribution in [3.8, 4) is 17.2 Å². The zero-order chi connectivity index (χ0) is 28.5. The van der Waals surface area contributed by atoms with E-state index in [1.165, 1.54) is 16.2 Å². The number of ketones is 1. The number of Topliss-reactive ketones (excluding diaryl/α,β-unsaturated/α-hetero) is 1. The van der Waals surface area contributed by atoms with E-state index in [-0.39, 0.29) is 11.3 Å². The van der Waals surface area contributed by atoms with Crippen molar-refractivity contribution in [1.82, 2.24) is 4.98 Å². The van der Waals surface area contributed by atoms with Gasteiger partial charge in [0.2, 0.25) is 0 Å². The Balaban J connectivity index is 1.44. The number of aromatic nitrogens is 1. The van der Waals surface area contributed by atoms with Gasteiger partial charge in [0.15, 0.2) is 16.6 Å². The fourth-order valence-corrected chi connectivity index (χ4v) is 6.24. The molecule has 1 N–H and O–H groups in total. The second-order valence-corrected chi connectivity index (χ2v) is 11.2. The van der Waals surface area contributed by atoms with E-state index in [9.17, 15) is 14.7 Å². The molecule has 0 spiro atoms. The van der Waals surface area contributed by atoms with Crippen molar-refractivity contribution in [2.45, 2.75) is 32.2 Å². The fourth-order valence-electron chi connectivity index (χ4n) is 4.97. The number of aliphatic hydroxyl groups excluding tert-OH is 1. The normalized spacial score (nSPS) is 17.8. The van der Waals surface area contributed by atoms with Gasteiger partial charge in [-0.2, -0.15) is 0 Å². The van der Waals surface area contributed by atoms with E-state index < -0.39 is 17.7 Å². The summed E-state index contributed by atoms with van der Waals surface area (Å²) in [5.74, 6) is -0.204. The highest BCUT2D eigenvalue weighted by Crippen LogP contribution is 2.45. The molecule has 3 heterocycles. The lowest BCUT2D eigenvalue weighted by Gasteiger charge is -2.23. The number of benzene rings is 3. The summed E-state index contributed by atoms with van der Waals surface area (Å²) < 4.78 is 17.9. The number of carbonyl (C=O) groups excluding carboxylic acids is 2. The molecule has 0 saturated carbocycles. The average molecular weight is 591 g/mol. The minimum atomic E-state index is -0.923. The van der Waals surface area contributed by atoms with Gasteiger partial charge in [-0.3, -0.25) is 14.5 Å². The summed E-state index contributed by atoms with van der Waals surface area (Å²) in [6.07, 6.45) is 3.14. The summed E-state index contributed by atoms with van der Waals surface area (Å²) in [7, 11) is 0. The summed E-state index contributed by atoms with van der Waals surface area (Å²) >= 11 is 7.44. The van der Waals surface area contributed by atoms with E-state index in [1.54, 1.807) is 48.5 Å². The number of rotatable bonds is 8. The largest absolute Gasteiger partial charge is 0.507 e. The number of fused-ring (bicyclic) bond motifs is 2. The molecule has 3 aromatic carbocycles. The van der Waals surface area contributed by atoms with Crippen molar-refractivity contribution in [2.24, 2.45) is 0 Å². The highest BCUT2D eigenvalue weighted by atomic mass is 35.5. The standard InChI is InChI=1S/C31H27ClN2O6S/c1-2-3-4-13-38-21-9-5-18(6-10-21)27-26(28(35)19-7-12-23-24(16-19)40-15-14-39-23)29(36)30(37)34(27)31-33-22-11-8-20(32)17-25(22)41-31/h5-12,16-17,27,35H,2-4,13-15H2,1H3/b28-26+/t27-/m1/s1. The molecular weight excluding hydrogens is 564 g/mol. The molecule has 6 rings (SSSR count). The van der Waals surface area contributed by atoms with E-state index in [0.29, 0.717) is 63.9 Å². The number of hydrogen-bond acceptors (Lipinski definition) is 8. The Morgan fingerprint density at radius 1 is 1.05 bits per heavy atom. The predicted octanol–water partition coefficient (Wildman–Crippen LogP) is 6.92. The maximum Gasteiger partial charge on any atom is 0.301 e. The monoisotopic (exact) mass is 590 g/mol.